The van der Waals surface area contributed by atoms with Gasteiger partial charge in [0, 0.05) is 39.8 Å². The van der Waals surface area contributed by atoms with E-state index in [0.29, 0.717) is 31.5 Å². The van der Waals surface area contributed by atoms with Gasteiger partial charge in [0.15, 0.2) is 5.96 Å². The first kappa shape index (κ1) is 21.8. The van der Waals surface area contributed by atoms with Crippen molar-refractivity contribution in [3.05, 3.63) is 29.6 Å². The topological polar surface area (TPSA) is 58.1 Å². The number of rotatable bonds is 8. The van der Waals surface area contributed by atoms with Crippen LogP contribution in [-0.2, 0) is 16.0 Å². The summed E-state index contributed by atoms with van der Waals surface area (Å²) in [7, 11) is 1.75. The van der Waals surface area contributed by atoms with Crippen molar-refractivity contribution in [1.82, 2.24) is 10.6 Å². The molecule has 0 aromatic heterocycles. The molecule has 0 atom stereocenters. The summed E-state index contributed by atoms with van der Waals surface area (Å²) >= 11 is 0. The summed E-state index contributed by atoms with van der Waals surface area (Å²) in [5.41, 5.74) is 1.54. The minimum absolute atomic E-state index is 0.186. The number of benzene rings is 1. The molecule has 2 N–H and O–H groups in total. The highest BCUT2D eigenvalue weighted by atomic mass is 19.1. The largest absolute Gasteiger partial charge is 0.378 e. The molecule has 3 rings (SSSR count). The summed E-state index contributed by atoms with van der Waals surface area (Å²) in [5, 5.41) is 6.55. The maximum atomic E-state index is 14.5. The Balaban J connectivity index is 1.35. The highest BCUT2D eigenvalue weighted by molar-refractivity contribution is 5.79. The summed E-state index contributed by atoms with van der Waals surface area (Å²) in [6, 6.07) is 5.42. The fraction of sp³-hybridized carbons (Fsp3) is 0.682. The predicted molar refractivity (Wildman–Crippen MR) is 115 cm³/mol. The second-order valence-electron chi connectivity index (χ2n) is 7.72. The zero-order valence-corrected chi connectivity index (χ0v) is 17.6. The van der Waals surface area contributed by atoms with Gasteiger partial charge < -0.3 is 25.0 Å². The van der Waals surface area contributed by atoms with Gasteiger partial charge in [-0.25, -0.2) is 4.39 Å². The van der Waals surface area contributed by atoms with E-state index < -0.39 is 0 Å². The Morgan fingerprint density at radius 2 is 2.00 bits per heavy atom. The van der Waals surface area contributed by atoms with Crippen LogP contribution in [0.15, 0.2) is 23.2 Å². The molecule has 2 aliphatic rings. The molecule has 1 aliphatic carbocycles. The fourth-order valence-electron chi connectivity index (χ4n) is 3.89. The smallest absolute Gasteiger partial charge is 0.191 e. The molecule has 1 aromatic carbocycles. The number of guanidine groups is 1. The van der Waals surface area contributed by atoms with Crippen LogP contribution in [-0.4, -0.2) is 58.6 Å². The average molecular weight is 407 g/mol. The van der Waals surface area contributed by atoms with E-state index in [1.165, 1.54) is 32.1 Å². The molecule has 1 saturated heterocycles. The third-order valence-corrected chi connectivity index (χ3v) is 5.57. The molecule has 0 bridgehead atoms. The Kier molecular flexibility index (Phi) is 9.02. The number of aliphatic imine (C=N–C) groups is 1. The number of morpholine rings is 1. The molecule has 0 unspecified atom stereocenters. The molecule has 7 heteroatoms. The van der Waals surface area contributed by atoms with E-state index >= 15 is 0 Å². The molecule has 1 heterocycles. The van der Waals surface area contributed by atoms with Crippen LogP contribution in [0, 0.1) is 5.82 Å². The third-order valence-electron chi connectivity index (χ3n) is 5.57. The minimum atomic E-state index is -0.186. The Morgan fingerprint density at radius 1 is 1.21 bits per heavy atom. The summed E-state index contributed by atoms with van der Waals surface area (Å²) in [6.45, 7) is 4.87. The molecule has 29 heavy (non-hydrogen) atoms. The van der Waals surface area contributed by atoms with Gasteiger partial charge in [-0.2, -0.15) is 0 Å². The van der Waals surface area contributed by atoms with Crippen molar-refractivity contribution < 1.29 is 13.9 Å². The quantitative estimate of drug-likeness (QED) is 0.395. The number of ether oxygens (including phenoxy) is 2. The first-order chi connectivity index (χ1) is 14.3. The van der Waals surface area contributed by atoms with Gasteiger partial charge in [-0.15, -0.1) is 0 Å². The molecule has 0 spiro atoms. The van der Waals surface area contributed by atoms with Crippen LogP contribution in [0.25, 0.3) is 0 Å². The van der Waals surface area contributed by atoms with Crippen molar-refractivity contribution in [1.29, 1.82) is 0 Å². The van der Waals surface area contributed by atoms with Gasteiger partial charge in [-0.1, -0.05) is 25.3 Å². The highest BCUT2D eigenvalue weighted by Gasteiger charge is 2.15. The van der Waals surface area contributed by atoms with Crippen LogP contribution in [0.2, 0.25) is 0 Å². The average Bonchev–Trinajstić information content (AvgIpc) is 2.77. The monoisotopic (exact) mass is 406 g/mol. The summed E-state index contributed by atoms with van der Waals surface area (Å²) < 4.78 is 25.8. The molecular weight excluding hydrogens is 371 g/mol. The molecule has 0 radical (unpaired) electrons. The zero-order chi connectivity index (χ0) is 20.3. The van der Waals surface area contributed by atoms with E-state index in [0.717, 1.165) is 44.2 Å². The molecule has 1 aliphatic heterocycles. The number of nitrogens with zero attached hydrogens (tertiary/aromatic N) is 2. The first-order valence-electron chi connectivity index (χ1n) is 10.9. The van der Waals surface area contributed by atoms with Crippen molar-refractivity contribution in [3.63, 3.8) is 0 Å². The second-order valence-corrected chi connectivity index (χ2v) is 7.72. The normalized spacial score (nSPS) is 18.7. The maximum Gasteiger partial charge on any atom is 0.191 e. The lowest BCUT2D eigenvalue weighted by molar-refractivity contribution is 0.0277. The lowest BCUT2D eigenvalue weighted by Gasteiger charge is -2.29. The Hall–Kier alpha value is -1.86. The molecule has 162 valence electrons. The SMILES string of the molecule is CN=C(NCCCOC1CCCCC1)NCc1ccc(N2CCOCC2)c(F)c1. The van der Waals surface area contributed by atoms with Crippen LogP contribution in [0.4, 0.5) is 10.1 Å². The summed E-state index contributed by atoms with van der Waals surface area (Å²) in [6.07, 6.45) is 7.76. The fourth-order valence-corrected chi connectivity index (χ4v) is 3.89. The van der Waals surface area contributed by atoms with Crippen molar-refractivity contribution >= 4 is 11.6 Å². The number of halogens is 1. The van der Waals surface area contributed by atoms with Crippen molar-refractivity contribution in [2.45, 2.75) is 51.2 Å². The van der Waals surface area contributed by atoms with Gasteiger partial charge in [-0.05, 0) is 37.0 Å². The van der Waals surface area contributed by atoms with Gasteiger partial charge >= 0.3 is 0 Å². The van der Waals surface area contributed by atoms with Gasteiger partial charge in [-0.3, -0.25) is 4.99 Å². The number of hydrogen-bond donors (Lipinski definition) is 2. The van der Waals surface area contributed by atoms with Crippen molar-refractivity contribution in [2.75, 3.05) is 51.4 Å². The molecule has 1 saturated carbocycles. The van der Waals surface area contributed by atoms with Gasteiger partial charge in [0.1, 0.15) is 5.82 Å². The van der Waals surface area contributed by atoms with Crippen LogP contribution < -0.4 is 15.5 Å². The van der Waals surface area contributed by atoms with Gasteiger partial charge in [0.2, 0.25) is 0 Å². The first-order valence-corrected chi connectivity index (χ1v) is 10.9. The summed E-state index contributed by atoms with van der Waals surface area (Å²) in [4.78, 5) is 6.28. The summed E-state index contributed by atoms with van der Waals surface area (Å²) in [5.74, 6) is 0.536. The van der Waals surface area contributed by atoms with Gasteiger partial charge in [0.25, 0.3) is 0 Å². The molecule has 6 nitrogen and oxygen atoms in total. The lowest BCUT2D eigenvalue weighted by atomic mass is 9.98. The van der Waals surface area contributed by atoms with Crippen LogP contribution in [0.3, 0.4) is 0 Å². The predicted octanol–water partition coefficient (Wildman–Crippen LogP) is 3.07. The number of anilines is 1. The number of nitrogens with one attached hydrogen (secondary N) is 2. The van der Waals surface area contributed by atoms with Crippen LogP contribution >= 0.6 is 0 Å². The van der Waals surface area contributed by atoms with E-state index in [9.17, 15) is 4.39 Å². The zero-order valence-electron chi connectivity index (χ0n) is 17.6. The Bertz CT molecular complexity index is 644. The van der Waals surface area contributed by atoms with E-state index in [1.54, 1.807) is 13.1 Å². The number of hydrogen-bond acceptors (Lipinski definition) is 4. The van der Waals surface area contributed by atoms with E-state index in [1.807, 2.05) is 17.0 Å². The van der Waals surface area contributed by atoms with E-state index in [2.05, 4.69) is 15.6 Å². The van der Waals surface area contributed by atoms with E-state index in [4.69, 9.17) is 9.47 Å². The molecular formula is C22H35FN4O2. The highest BCUT2D eigenvalue weighted by Crippen LogP contribution is 2.22. The Morgan fingerprint density at radius 3 is 2.72 bits per heavy atom. The maximum absolute atomic E-state index is 14.5. The third kappa shape index (κ3) is 7.16. The van der Waals surface area contributed by atoms with Crippen molar-refractivity contribution in [3.8, 4) is 0 Å². The van der Waals surface area contributed by atoms with E-state index in [-0.39, 0.29) is 5.82 Å². The minimum Gasteiger partial charge on any atom is -0.378 e. The Labute approximate surface area is 173 Å². The van der Waals surface area contributed by atoms with Gasteiger partial charge in [0.05, 0.1) is 25.0 Å². The second kappa shape index (κ2) is 12.0. The lowest BCUT2D eigenvalue weighted by Crippen LogP contribution is -2.38. The molecule has 1 aromatic rings. The van der Waals surface area contributed by atoms with Crippen LogP contribution in [0.5, 0.6) is 0 Å². The van der Waals surface area contributed by atoms with Crippen LogP contribution in [0.1, 0.15) is 44.1 Å². The van der Waals surface area contributed by atoms with Crippen molar-refractivity contribution in [2.24, 2.45) is 4.99 Å². The molecule has 0 amide bonds. The molecule has 2 fully saturated rings. The standard InChI is InChI=1S/C22H35FN4O2/c1-24-22(25-10-5-13-29-19-6-3-2-4-7-19)26-17-18-8-9-21(20(23)16-18)27-11-14-28-15-12-27/h8-9,16,19H,2-7,10-15,17H2,1H3,(H2,24,25,26).